The normalized spacial score (nSPS) is 11.4. The molecule has 2 heterocycles. The van der Waals surface area contributed by atoms with E-state index in [0.717, 1.165) is 5.39 Å². The van der Waals surface area contributed by atoms with Crippen LogP contribution in [0, 0.1) is 6.92 Å². The van der Waals surface area contributed by atoms with Gasteiger partial charge in [0.1, 0.15) is 16.9 Å². The second-order valence-corrected chi connectivity index (χ2v) is 4.01. The lowest BCUT2D eigenvalue weighted by Crippen LogP contribution is -1.95. The number of nitrogen functional groups attached to an aromatic ring is 1. The lowest BCUT2D eigenvalue weighted by Gasteiger charge is -1.95. The highest BCUT2D eigenvalue weighted by atomic mass is 35.5. The van der Waals surface area contributed by atoms with Crippen LogP contribution in [0.4, 0.5) is 5.82 Å². The molecule has 0 radical (unpaired) electrons. The molecule has 0 bridgehead atoms. The predicted molar refractivity (Wildman–Crippen MR) is 63.5 cm³/mol. The van der Waals surface area contributed by atoms with Crippen LogP contribution in [0.5, 0.6) is 0 Å². The molecule has 0 fully saturated rings. The maximum absolute atomic E-state index is 5.94. The van der Waals surface area contributed by atoms with E-state index < -0.39 is 0 Å². The SMILES string of the molecule is Cc1nc(N)c2oc3ccc(Cl)cc3c2n1. The van der Waals surface area contributed by atoms with Crippen molar-refractivity contribution in [2.45, 2.75) is 6.92 Å². The summed E-state index contributed by atoms with van der Waals surface area (Å²) < 4.78 is 5.58. The van der Waals surface area contributed by atoms with Crippen molar-refractivity contribution in [1.82, 2.24) is 9.97 Å². The van der Waals surface area contributed by atoms with Gasteiger partial charge >= 0.3 is 0 Å². The van der Waals surface area contributed by atoms with Gasteiger partial charge in [-0.25, -0.2) is 9.97 Å². The second-order valence-electron chi connectivity index (χ2n) is 3.58. The van der Waals surface area contributed by atoms with Gasteiger partial charge in [-0.15, -0.1) is 0 Å². The van der Waals surface area contributed by atoms with Crippen LogP contribution in [0.25, 0.3) is 22.1 Å². The molecule has 3 rings (SSSR count). The Morgan fingerprint density at radius 3 is 2.94 bits per heavy atom. The first-order valence-electron chi connectivity index (χ1n) is 4.77. The number of aromatic nitrogens is 2. The van der Waals surface area contributed by atoms with Gasteiger partial charge in [-0.2, -0.15) is 0 Å². The first kappa shape index (κ1) is 9.42. The van der Waals surface area contributed by atoms with Crippen LogP contribution in [0.1, 0.15) is 5.82 Å². The van der Waals surface area contributed by atoms with E-state index in [-0.39, 0.29) is 0 Å². The van der Waals surface area contributed by atoms with Gasteiger partial charge in [0.15, 0.2) is 11.4 Å². The van der Waals surface area contributed by atoms with Crippen molar-refractivity contribution in [1.29, 1.82) is 0 Å². The van der Waals surface area contributed by atoms with Crippen molar-refractivity contribution in [2.24, 2.45) is 0 Å². The highest BCUT2D eigenvalue weighted by molar-refractivity contribution is 6.31. The minimum absolute atomic E-state index is 0.356. The van der Waals surface area contributed by atoms with E-state index in [2.05, 4.69) is 9.97 Å². The highest BCUT2D eigenvalue weighted by Gasteiger charge is 2.12. The van der Waals surface area contributed by atoms with Crippen LogP contribution in [-0.4, -0.2) is 9.97 Å². The molecule has 0 aliphatic heterocycles. The zero-order valence-corrected chi connectivity index (χ0v) is 9.25. The molecular weight excluding hydrogens is 226 g/mol. The van der Waals surface area contributed by atoms with Crippen LogP contribution in [0.15, 0.2) is 22.6 Å². The smallest absolute Gasteiger partial charge is 0.195 e. The maximum Gasteiger partial charge on any atom is 0.195 e. The molecule has 5 heteroatoms. The van der Waals surface area contributed by atoms with Crippen molar-refractivity contribution in [2.75, 3.05) is 5.73 Å². The molecule has 1 aromatic carbocycles. The van der Waals surface area contributed by atoms with Gasteiger partial charge in [0.05, 0.1) is 0 Å². The second kappa shape index (κ2) is 3.09. The van der Waals surface area contributed by atoms with E-state index in [1.807, 2.05) is 6.07 Å². The summed E-state index contributed by atoms with van der Waals surface area (Å²) in [5.74, 6) is 0.975. The summed E-state index contributed by atoms with van der Waals surface area (Å²) in [7, 11) is 0. The number of benzene rings is 1. The van der Waals surface area contributed by atoms with Crippen LogP contribution in [0.3, 0.4) is 0 Å². The number of fused-ring (bicyclic) bond motifs is 3. The first-order chi connectivity index (χ1) is 7.65. The van der Waals surface area contributed by atoms with Gasteiger partial charge in [-0.3, -0.25) is 0 Å². The van der Waals surface area contributed by atoms with E-state index in [1.165, 1.54) is 0 Å². The number of hydrogen-bond acceptors (Lipinski definition) is 4. The van der Waals surface area contributed by atoms with E-state index in [1.54, 1.807) is 19.1 Å². The van der Waals surface area contributed by atoms with E-state index >= 15 is 0 Å². The Kier molecular flexibility index (Phi) is 1.82. The van der Waals surface area contributed by atoms with Gasteiger partial charge in [0, 0.05) is 10.4 Å². The highest BCUT2D eigenvalue weighted by Crippen LogP contribution is 2.31. The summed E-state index contributed by atoms with van der Waals surface area (Å²) in [5.41, 5.74) is 7.72. The molecule has 0 unspecified atom stereocenters. The molecule has 16 heavy (non-hydrogen) atoms. The largest absolute Gasteiger partial charge is 0.450 e. The third kappa shape index (κ3) is 1.23. The molecule has 0 spiro atoms. The quantitative estimate of drug-likeness (QED) is 0.648. The number of nitrogens with zero attached hydrogens (tertiary/aromatic N) is 2. The van der Waals surface area contributed by atoms with Crippen LogP contribution in [-0.2, 0) is 0 Å². The third-order valence-corrected chi connectivity index (χ3v) is 2.65. The van der Waals surface area contributed by atoms with Crippen molar-refractivity contribution < 1.29 is 4.42 Å². The molecule has 0 saturated carbocycles. The topological polar surface area (TPSA) is 64.9 Å². The number of rotatable bonds is 0. The Bertz CT molecular complexity index is 705. The van der Waals surface area contributed by atoms with Gasteiger partial charge in [0.25, 0.3) is 0 Å². The number of furan rings is 1. The van der Waals surface area contributed by atoms with Gasteiger partial charge in [0.2, 0.25) is 0 Å². The van der Waals surface area contributed by atoms with Crippen molar-refractivity contribution in [3.8, 4) is 0 Å². The maximum atomic E-state index is 5.94. The standard InChI is InChI=1S/C11H8ClN3O/c1-5-14-9-7-4-6(12)2-3-8(7)16-10(9)11(13)15-5/h2-4H,1H3,(H2,13,14,15). The minimum Gasteiger partial charge on any atom is -0.450 e. The summed E-state index contributed by atoms with van der Waals surface area (Å²) in [6.07, 6.45) is 0. The molecule has 80 valence electrons. The van der Waals surface area contributed by atoms with E-state index in [4.69, 9.17) is 21.8 Å². The van der Waals surface area contributed by atoms with Crippen molar-refractivity contribution >= 4 is 39.5 Å². The average molecular weight is 234 g/mol. The molecule has 0 aliphatic carbocycles. The fourth-order valence-corrected chi connectivity index (χ4v) is 1.93. The monoisotopic (exact) mass is 233 g/mol. The predicted octanol–water partition coefficient (Wildman–Crippen LogP) is 2.92. The number of nitrogens with two attached hydrogens (primary N) is 1. The lowest BCUT2D eigenvalue weighted by molar-refractivity contribution is 0.667. The Morgan fingerprint density at radius 1 is 1.31 bits per heavy atom. The lowest BCUT2D eigenvalue weighted by atomic mass is 10.2. The summed E-state index contributed by atoms with van der Waals surface area (Å²) in [6, 6.07) is 5.38. The number of halogens is 1. The molecule has 4 nitrogen and oxygen atoms in total. The number of anilines is 1. The van der Waals surface area contributed by atoms with E-state index in [0.29, 0.717) is 33.3 Å². The average Bonchev–Trinajstić information content (AvgIpc) is 2.57. The Balaban J connectivity index is 2.57. The number of hydrogen-bond donors (Lipinski definition) is 1. The zero-order chi connectivity index (χ0) is 11.3. The van der Waals surface area contributed by atoms with Crippen molar-refractivity contribution in [3.63, 3.8) is 0 Å². The molecule has 2 aromatic heterocycles. The summed E-state index contributed by atoms with van der Waals surface area (Å²) in [4.78, 5) is 8.38. The summed E-state index contributed by atoms with van der Waals surface area (Å²) in [6.45, 7) is 1.79. The Labute approximate surface area is 96.0 Å². The molecule has 0 amide bonds. The summed E-state index contributed by atoms with van der Waals surface area (Å²) >= 11 is 5.94. The summed E-state index contributed by atoms with van der Waals surface area (Å²) in [5, 5.41) is 1.50. The Hall–Kier alpha value is -1.81. The Morgan fingerprint density at radius 2 is 2.12 bits per heavy atom. The molecule has 0 aliphatic rings. The van der Waals surface area contributed by atoms with Crippen LogP contribution in [0.2, 0.25) is 5.02 Å². The van der Waals surface area contributed by atoms with Gasteiger partial charge < -0.3 is 10.2 Å². The van der Waals surface area contributed by atoms with Crippen LogP contribution < -0.4 is 5.73 Å². The van der Waals surface area contributed by atoms with Gasteiger partial charge in [-0.05, 0) is 25.1 Å². The number of aryl methyl sites for hydroxylation is 1. The first-order valence-corrected chi connectivity index (χ1v) is 5.15. The fourth-order valence-electron chi connectivity index (χ4n) is 1.75. The van der Waals surface area contributed by atoms with Crippen LogP contribution >= 0.6 is 11.6 Å². The fraction of sp³-hybridized carbons (Fsp3) is 0.0909. The molecular formula is C11H8ClN3O. The zero-order valence-electron chi connectivity index (χ0n) is 8.49. The molecule has 2 N–H and O–H groups in total. The molecule has 3 aromatic rings. The van der Waals surface area contributed by atoms with E-state index in [9.17, 15) is 0 Å². The van der Waals surface area contributed by atoms with Gasteiger partial charge in [-0.1, -0.05) is 11.6 Å². The van der Waals surface area contributed by atoms with Crippen molar-refractivity contribution in [3.05, 3.63) is 29.0 Å². The molecule has 0 atom stereocenters. The minimum atomic E-state index is 0.356. The molecule has 0 saturated heterocycles. The third-order valence-electron chi connectivity index (χ3n) is 2.41.